The Bertz CT molecular complexity index is 1230. The van der Waals surface area contributed by atoms with Gasteiger partial charge >= 0.3 is 0 Å². The average Bonchev–Trinajstić information content (AvgIpc) is 3.59. The van der Waals surface area contributed by atoms with E-state index in [1.807, 2.05) is 37.3 Å². The van der Waals surface area contributed by atoms with E-state index in [4.69, 9.17) is 11.1 Å². The minimum atomic E-state index is -0.227. The molecule has 5 nitrogen and oxygen atoms in total. The molecular weight excluding hydrogens is 401 g/mol. The molecule has 0 bridgehead atoms. The van der Waals surface area contributed by atoms with Crippen molar-refractivity contribution in [1.29, 1.82) is 5.41 Å². The number of hydrogen-bond acceptors (Lipinski definition) is 5. The summed E-state index contributed by atoms with van der Waals surface area (Å²) < 4.78 is 13.5. The molecule has 0 spiro atoms. The van der Waals surface area contributed by atoms with Crippen molar-refractivity contribution in [2.24, 2.45) is 5.73 Å². The van der Waals surface area contributed by atoms with Crippen molar-refractivity contribution in [2.45, 2.75) is 38.4 Å². The zero-order valence-corrected chi connectivity index (χ0v) is 18.1. The van der Waals surface area contributed by atoms with E-state index in [1.54, 1.807) is 6.20 Å². The molecule has 2 aromatic carbocycles. The predicted octanol–water partition coefficient (Wildman–Crippen LogP) is 4.79. The van der Waals surface area contributed by atoms with Crippen LogP contribution in [0.2, 0.25) is 0 Å². The van der Waals surface area contributed by atoms with Gasteiger partial charge in [0.25, 0.3) is 0 Å². The molecule has 0 atom stereocenters. The minimum Gasteiger partial charge on any atom is -0.345 e. The number of halogens is 1. The van der Waals surface area contributed by atoms with E-state index in [9.17, 15) is 4.39 Å². The highest BCUT2D eigenvalue weighted by atomic mass is 19.1. The Morgan fingerprint density at radius 1 is 1.22 bits per heavy atom. The number of aryl methyl sites for hydroxylation is 1. The van der Waals surface area contributed by atoms with Gasteiger partial charge in [-0.2, -0.15) is 0 Å². The Balaban J connectivity index is 1.52. The molecule has 4 N–H and O–H groups in total. The molecule has 3 aromatic rings. The van der Waals surface area contributed by atoms with E-state index in [0.29, 0.717) is 18.8 Å². The number of anilines is 1. The second kappa shape index (κ2) is 7.57. The lowest BCUT2D eigenvalue weighted by Gasteiger charge is -2.40. The van der Waals surface area contributed by atoms with Crippen LogP contribution in [0, 0.1) is 18.2 Å². The molecule has 0 unspecified atom stereocenters. The van der Waals surface area contributed by atoms with Gasteiger partial charge in [0.2, 0.25) is 0 Å². The van der Waals surface area contributed by atoms with E-state index >= 15 is 0 Å². The molecule has 1 aromatic heterocycles. The number of nitrogens with one attached hydrogen (secondary N) is 2. The molecule has 162 valence electrons. The van der Waals surface area contributed by atoms with Gasteiger partial charge in [0.05, 0.1) is 17.1 Å². The van der Waals surface area contributed by atoms with Crippen molar-refractivity contribution in [3.8, 4) is 0 Å². The first-order valence-corrected chi connectivity index (χ1v) is 10.8. The Morgan fingerprint density at radius 2 is 1.97 bits per heavy atom. The maximum Gasteiger partial charge on any atom is 0.123 e. The SMILES string of the molecule is C=C1Nc2cc(CN)c(C(=N)c3ccnc(C)c3)cc2CN1C1(c2ccc(F)cc2)CC1. The number of nitrogens with two attached hydrogens (primary N) is 1. The third-order valence-corrected chi connectivity index (χ3v) is 6.56. The maximum atomic E-state index is 13.5. The molecular formula is C26H26FN5. The van der Waals surface area contributed by atoms with E-state index < -0.39 is 0 Å². The lowest BCUT2D eigenvalue weighted by molar-refractivity contribution is 0.222. The van der Waals surface area contributed by atoms with Gasteiger partial charge in [0, 0.05) is 41.8 Å². The molecule has 2 heterocycles. The predicted molar refractivity (Wildman–Crippen MR) is 125 cm³/mol. The van der Waals surface area contributed by atoms with Crippen LogP contribution in [-0.2, 0) is 18.6 Å². The molecule has 2 aliphatic rings. The van der Waals surface area contributed by atoms with Gasteiger partial charge in [-0.05, 0) is 72.9 Å². The van der Waals surface area contributed by atoms with Gasteiger partial charge in [0.1, 0.15) is 5.82 Å². The lowest BCUT2D eigenvalue weighted by atomic mass is 9.92. The Morgan fingerprint density at radius 3 is 2.62 bits per heavy atom. The Kier molecular flexibility index (Phi) is 4.82. The fourth-order valence-electron chi connectivity index (χ4n) is 4.69. The van der Waals surface area contributed by atoms with E-state index in [-0.39, 0.29) is 11.4 Å². The van der Waals surface area contributed by atoms with Crippen molar-refractivity contribution in [3.63, 3.8) is 0 Å². The summed E-state index contributed by atoms with van der Waals surface area (Å²) in [6, 6.07) is 14.7. The summed E-state index contributed by atoms with van der Waals surface area (Å²) in [5, 5.41) is 12.3. The summed E-state index contributed by atoms with van der Waals surface area (Å²) in [6.45, 7) is 7.20. The molecule has 0 amide bonds. The summed E-state index contributed by atoms with van der Waals surface area (Å²) in [5.74, 6) is 0.601. The third-order valence-electron chi connectivity index (χ3n) is 6.56. The van der Waals surface area contributed by atoms with E-state index in [2.05, 4.69) is 27.8 Å². The summed E-state index contributed by atoms with van der Waals surface area (Å²) >= 11 is 0. The lowest BCUT2D eigenvalue weighted by Crippen LogP contribution is -2.39. The molecule has 5 rings (SSSR count). The van der Waals surface area contributed by atoms with Crippen molar-refractivity contribution in [3.05, 3.63) is 106 Å². The number of aromatic nitrogens is 1. The monoisotopic (exact) mass is 427 g/mol. The molecule has 6 heteroatoms. The fourth-order valence-corrected chi connectivity index (χ4v) is 4.69. The zero-order valence-electron chi connectivity index (χ0n) is 18.1. The fraction of sp³-hybridized carbons (Fsp3) is 0.231. The van der Waals surface area contributed by atoms with Crippen LogP contribution in [0.4, 0.5) is 10.1 Å². The van der Waals surface area contributed by atoms with E-state index in [1.165, 1.54) is 12.1 Å². The van der Waals surface area contributed by atoms with Gasteiger partial charge in [-0.3, -0.25) is 10.4 Å². The number of fused-ring (bicyclic) bond motifs is 1. The standard InChI is InChI=1S/C26H26FN5/c1-16-11-18(7-10-30-16)25(29)23-12-20-15-32(17(2)31-24(20)13-19(23)14-28)26(8-9-26)21-3-5-22(27)6-4-21/h3-7,10-13,29,31H,2,8-9,14-15,28H2,1H3. The molecule has 1 fully saturated rings. The highest BCUT2D eigenvalue weighted by Crippen LogP contribution is 2.54. The number of benzene rings is 2. The molecule has 1 aliphatic carbocycles. The van der Waals surface area contributed by atoms with Crippen LogP contribution < -0.4 is 11.1 Å². The van der Waals surface area contributed by atoms with Crippen molar-refractivity contribution < 1.29 is 4.39 Å². The number of hydrogen-bond donors (Lipinski definition) is 3. The van der Waals surface area contributed by atoms with Gasteiger partial charge < -0.3 is 16.0 Å². The van der Waals surface area contributed by atoms with Gasteiger partial charge in [0.15, 0.2) is 0 Å². The minimum absolute atomic E-state index is 0.169. The van der Waals surface area contributed by atoms with Crippen LogP contribution in [0.1, 0.15) is 46.4 Å². The van der Waals surface area contributed by atoms with Gasteiger partial charge in [-0.1, -0.05) is 18.7 Å². The van der Waals surface area contributed by atoms with Crippen LogP contribution in [0.25, 0.3) is 0 Å². The Hall–Kier alpha value is -3.51. The summed E-state index contributed by atoms with van der Waals surface area (Å²) in [5.41, 5.74) is 12.9. The number of nitrogens with zero attached hydrogens (tertiary/aromatic N) is 2. The average molecular weight is 428 g/mol. The normalized spacial score (nSPS) is 16.3. The quantitative estimate of drug-likeness (QED) is 0.512. The highest BCUT2D eigenvalue weighted by molar-refractivity contribution is 6.12. The van der Waals surface area contributed by atoms with Gasteiger partial charge in [-0.25, -0.2) is 4.39 Å². The molecule has 0 radical (unpaired) electrons. The topological polar surface area (TPSA) is 78.0 Å². The van der Waals surface area contributed by atoms with Crippen LogP contribution in [0.15, 0.2) is 67.1 Å². The summed E-state index contributed by atoms with van der Waals surface area (Å²) in [7, 11) is 0. The second-order valence-electron chi connectivity index (χ2n) is 8.63. The van der Waals surface area contributed by atoms with Crippen molar-refractivity contribution in [2.75, 3.05) is 5.32 Å². The van der Waals surface area contributed by atoms with E-state index in [0.717, 1.165) is 57.9 Å². The summed E-state index contributed by atoms with van der Waals surface area (Å²) in [6.07, 6.45) is 3.72. The molecule has 1 aliphatic heterocycles. The maximum absolute atomic E-state index is 13.5. The van der Waals surface area contributed by atoms with Crippen LogP contribution in [0.5, 0.6) is 0 Å². The zero-order chi connectivity index (χ0) is 22.5. The first-order chi connectivity index (χ1) is 15.4. The summed E-state index contributed by atoms with van der Waals surface area (Å²) in [4.78, 5) is 6.52. The molecule has 1 saturated carbocycles. The van der Waals surface area contributed by atoms with Crippen LogP contribution >= 0.6 is 0 Å². The molecule has 0 saturated heterocycles. The Labute approximate surface area is 187 Å². The highest BCUT2D eigenvalue weighted by Gasteiger charge is 2.51. The third kappa shape index (κ3) is 3.37. The second-order valence-corrected chi connectivity index (χ2v) is 8.63. The molecule has 32 heavy (non-hydrogen) atoms. The first-order valence-electron chi connectivity index (χ1n) is 10.8. The van der Waals surface area contributed by atoms with Crippen molar-refractivity contribution >= 4 is 11.4 Å². The van der Waals surface area contributed by atoms with Crippen LogP contribution in [-0.4, -0.2) is 15.6 Å². The van der Waals surface area contributed by atoms with Crippen molar-refractivity contribution in [1.82, 2.24) is 9.88 Å². The van der Waals surface area contributed by atoms with Gasteiger partial charge in [-0.15, -0.1) is 0 Å². The largest absolute Gasteiger partial charge is 0.345 e. The van der Waals surface area contributed by atoms with Crippen LogP contribution in [0.3, 0.4) is 0 Å². The number of rotatable bonds is 5. The smallest absolute Gasteiger partial charge is 0.123 e. The number of pyridine rings is 1. The first kappa shape index (κ1) is 20.4.